The zero-order valence-corrected chi connectivity index (χ0v) is 17.2. The van der Waals surface area contributed by atoms with E-state index in [1.807, 2.05) is 39.1 Å². The van der Waals surface area contributed by atoms with Gasteiger partial charge in [-0.25, -0.2) is 4.68 Å². The van der Waals surface area contributed by atoms with Crippen molar-refractivity contribution in [1.29, 1.82) is 0 Å². The molecular formula is C21H22N6O3. The summed E-state index contributed by atoms with van der Waals surface area (Å²) in [7, 11) is 1.58. The summed E-state index contributed by atoms with van der Waals surface area (Å²) in [4.78, 5) is 12.6. The lowest BCUT2D eigenvalue weighted by atomic mass is 10.2. The molecule has 9 nitrogen and oxygen atoms in total. The van der Waals surface area contributed by atoms with Crippen LogP contribution >= 0.6 is 0 Å². The maximum atomic E-state index is 12.6. The van der Waals surface area contributed by atoms with Gasteiger partial charge in [-0.1, -0.05) is 5.16 Å². The molecule has 0 aliphatic rings. The van der Waals surface area contributed by atoms with Crippen molar-refractivity contribution in [3.63, 3.8) is 0 Å². The number of carbonyl (C=O) groups is 1. The Morgan fingerprint density at radius 2 is 2.07 bits per heavy atom. The SMILES string of the molecule is CCn1cc(-c2cc(C(=O)Nc3ccc(-n4nc(C)cc4C)c(OC)c3)no2)cn1. The van der Waals surface area contributed by atoms with Crippen LogP contribution in [0.15, 0.2) is 47.2 Å². The summed E-state index contributed by atoms with van der Waals surface area (Å²) in [5, 5.41) is 15.4. The maximum Gasteiger partial charge on any atom is 0.277 e. The van der Waals surface area contributed by atoms with Crippen molar-refractivity contribution in [3.8, 4) is 22.8 Å². The quantitative estimate of drug-likeness (QED) is 0.525. The molecule has 0 saturated heterocycles. The first-order chi connectivity index (χ1) is 14.5. The number of nitrogens with one attached hydrogen (secondary N) is 1. The minimum atomic E-state index is -0.381. The van der Waals surface area contributed by atoms with E-state index in [1.165, 1.54) is 0 Å². The van der Waals surface area contributed by atoms with Crippen molar-refractivity contribution >= 4 is 11.6 Å². The van der Waals surface area contributed by atoms with Gasteiger partial charge in [0.25, 0.3) is 5.91 Å². The molecule has 4 aromatic rings. The van der Waals surface area contributed by atoms with Gasteiger partial charge < -0.3 is 14.6 Å². The summed E-state index contributed by atoms with van der Waals surface area (Å²) in [5.41, 5.74) is 4.21. The molecule has 0 saturated carbocycles. The zero-order valence-electron chi connectivity index (χ0n) is 17.2. The molecule has 0 aliphatic carbocycles. The molecular weight excluding hydrogens is 384 g/mol. The molecule has 0 spiro atoms. The van der Waals surface area contributed by atoms with Crippen LogP contribution < -0.4 is 10.1 Å². The Balaban J connectivity index is 1.54. The van der Waals surface area contributed by atoms with Gasteiger partial charge in [0.05, 0.1) is 24.6 Å². The number of hydrogen-bond donors (Lipinski definition) is 1. The van der Waals surface area contributed by atoms with Crippen molar-refractivity contribution in [2.24, 2.45) is 0 Å². The highest BCUT2D eigenvalue weighted by atomic mass is 16.5. The molecule has 0 unspecified atom stereocenters. The second kappa shape index (κ2) is 7.86. The van der Waals surface area contributed by atoms with Crippen LogP contribution in [0.25, 0.3) is 17.0 Å². The van der Waals surface area contributed by atoms with Crippen LogP contribution in [0, 0.1) is 13.8 Å². The van der Waals surface area contributed by atoms with Crippen LogP contribution in [0.2, 0.25) is 0 Å². The molecule has 3 heterocycles. The van der Waals surface area contributed by atoms with Crippen molar-refractivity contribution < 1.29 is 14.1 Å². The molecule has 154 valence electrons. The number of methoxy groups -OCH3 is 1. The summed E-state index contributed by atoms with van der Waals surface area (Å²) < 4.78 is 14.4. The van der Waals surface area contributed by atoms with E-state index in [-0.39, 0.29) is 11.6 Å². The number of benzene rings is 1. The van der Waals surface area contributed by atoms with Crippen LogP contribution in [-0.2, 0) is 6.54 Å². The lowest BCUT2D eigenvalue weighted by Crippen LogP contribution is -2.12. The normalized spacial score (nSPS) is 10.9. The van der Waals surface area contributed by atoms with Crippen LogP contribution in [0.1, 0.15) is 28.8 Å². The third kappa shape index (κ3) is 3.69. The van der Waals surface area contributed by atoms with E-state index in [9.17, 15) is 4.79 Å². The first-order valence-electron chi connectivity index (χ1n) is 9.51. The fourth-order valence-corrected chi connectivity index (χ4v) is 3.18. The highest BCUT2D eigenvalue weighted by Crippen LogP contribution is 2.28. The van der Waals surface area contributed by atoms with Gasteiger partial charge in [0, 0.05) is 36.3 Å². The van der Waals surface area contributed by atoms with E-state index in [2.05, 4.69) is 20.7 Å². The van der Waals surface area contributed by atoms with Gasteiger partial charge in [0.15, 0.2) is 11.5 Å². The lowest BCUT2D eigenvalue weighted by Gasteiger charge is -2.12. The van der Waals surface area contributed by atoms with Crippen molar-refractivity contribution in [2.45, 2.75) is 27.3 Å². The Morgan fingerprint density at radius 3 is 2.73 bits per heavy atom. The number of aryl methyl sites for hydroxylation is 3. The maximum absolute atomic E-state index is 12.6. The van der Waals surface area contributed by atoms with Gasteiger partial charge in [0.2, 0.25) is 0 Å². The largest absolute Gasteiger partial charge is 0.494 e. The van der Waals surface area contributed by atoms with Gasteiger partial charge >= 0.3 is 0 Å². The predicted octanol–water partition coefficient (Wildman–Crippen LogP) is 3.62. The molecule has 1 N–H and O–H groups in total. The highest BCUT2D eigenvalue weighted by Gasteiger charge is 2.17. The van der Waals surface area contributed by atoms with E-state index in [0.29, 0.717) is 17.2 Å². The van der Waals surface area contributed by atoms with Gasteiger partial charge in [0.1, 0.15) is 11.4 Å². The third-order valence-electron chi connectivity index (χ3n) is 4.66. The van der Waals surface area contributed by atoms with Gasteiger partial charge in [-0.3, -0.25) is 9.48 Å². The van der Waals surface area contributed by atoms with Gasteiger partial charge in [-0.2, -0.15) is 10.2 Å². The fourth-order valence-electron chi connectivity index (χ4n) is 3.18. The Kier molecular flexibility index (Phi) is 5.09. The number of carbonyl (C=O) groups excluding carboxylic acids is 1. The van der Waals surface area contributed by atoms with Crippen molar-refractivity contribution in [1.82, 2.24) is 24.7 Å². The topological polar surface area (TPSA) is 100 Å². The lowest BCUT2D eigenvalue weighted by molar-refractivity contribution is 0.101. The molecule has 0 radical (unpaired) electrons. The standard InChI is InChI=1S/C21H22N6O3/c1-5-26-12-15(11-22-26)19-10-17(25-30-19)21(28)23-16-6-7-18(20(9-16)29-4)27-14(3)8-13(2)24-27/h6-12H,5H2,1-4H3,(H,23,28). The number of ether oxygens (including phenoxy) is 1. The Morgan fingerprint density at radius 1 is 1.23 bits per heavy atom. The number of hydrogen-bond acceptors (Lipinski definition) is 6. The first-order valence-corrected chi connectivity index (χ1v) is 9.51. The molecule has 0 fully saturated rings. The number of anilines is 1. The summed E-state index contributed by atoms with van der Waals surface area (Å²) >= 11 is 0. The molecule has 9 heteroatoms. The van der Waals surface area contributed by atoms with E-state index in [0.717, 1.165) is 29.2 Å². The fraction of sp³-hybridized carbons (Fsp3) is 0.238. The van der Waals surface area contributed by atoms with Crippen LogP contribution in [0.3, 0.4) is 0 Å². The second-order valence-electron chi connectivity index (χ2n) is 6.84. The smallest absolute Gasteiger partial charge is 0.277 e. The van der Waals surface area contributed by atoms with E-state index in [1.54, 1.807) is 40.9 Å². The van der Waals surface area contributed by atoms with Crippen LogP contribution in [0.5, 0.6) is 5.75 Å². The molecule has 4 rings (SSSR count). The molecule has 30 heavy (non-hydrogen) atoms. The summed E-state index contributed by atoms with van der Waals surface area (Å²) in [5.74, 6) is 0.693. The molecule has 1 amide bonds. The third-order valence-corrected chi connectivity index (χ3v) is 4.66. The van der Waals surface area contributed by atoms with E-state index >= 15 is 0 Å². The minimum Gasteiger partial charge on any atom is -0.494 e. The Hall–Kier alpha value is -3.88. The second-order valence-corrected chi connectivity index (χ2v) is 6.84. The van der Waals surface area contributed by atoms with Crippen LogP contribution in [-0.4, -0.2) is 37.7 Å². The molecule has 3 aromatic heterocycles. The van der Waals surface area contributed by atoms with Crippen molar-refractivity contribution in [2.75, 3.05) is 12.4 Å². The number of nitrogens with zero attached hydrogens (tertiary/aromatic N) is 5. The predicted molar refractivity (Wildman–Crippen MR) is 111 cm³/mol. The highest BCUT2D eigenvalue weighted by molar-refractivity contribution is 6.03. The summed E-state index contributed by atoms with van der Waals surface area (Å²) in [6.45, 7) is 6.65. The van der Waals surface area contributed by atoms with Crippen LogP contribution in [0.4, 0.5) is 5.69 Å². The molecule has 1 aromatic carbocycles. The molecule has 0 aliphatic heterocycles. The Bertz CT molecular complexity index is 1200. The molecule has 0 atom stereocenters. The first kappa shape index (κ1) is 19.4. The summed E-state index contributed by atoms with van der Waals surface area (Å²) in [6, 6.07) is 8.96. The van der Waals surface area contributed by atoms with Gasteiger partial charge in [-0.05, 0) is 39.0 Å². The van der Waals surface area contributed by atoms with E-state index in [4.69, 9.17) is 9.26 Å². The average Bonchev–Trinajstić information content (AvgIpc) is 3.47. The number of rotatable bonds is 6. The number of aromatic nitrogens is 5. The zero-order chi connectivity index (χ0) is 21.3. The Labute approximate surface area is 173 Å². The van der Waals surface area contributed by atoms with Crippen molar-refractivity contribution in [3.05, 3.63) is 59.8 Å². The summed E-state index contributed by atoms with van der Waals surface area (Å²) in [6.07, 6.45) is 3.51. The number of amides is 1. The van der Waals surface area contributed by atoms with Gasteiger partial charge in [-0.15, -0.1) is 0 Å². The average molecular weight is 406 g/mol. The minimum absolute atomic E-state index is 0.177. The molecule has 0 bridgehead atoms. The monoisotopic (exact) mass is 406 g/mol. The van der Waals surface area contributed by atoms with E-state index < -0.39 is 0 Å².